The average Bonchev–Trinajstić information content (AvgIpc) is 2.79. The highest BCUT2D eigenvalue weighted by Gasteiger charge is 2.19. The second-order valence-corrected chi connectivity index (χ2v) is 10.9. The van der Waals surface area contributed by atoms with Crippen LogP contribution in [0.1, 0.15) is 123 Å². The SMILES string of the molecule is CC(C)(C)CC(COCCCCCCCCCCCCCCCCF)OCc1ccccc1. The van der Waals surface area contributed by atoms with E-state index >= 15 is 0 Å². The highest BCUT2D eigenvalue weighted by atomic mass is 19.1. The molecule has 3 heteroatoms. The van der Waals surface area contributed by atoms with Crippen molar-refractivity contribution in [2.45, 2.75) is 130 Å². The minimum atomic E-state index is -0.144. The molecule has 1 aromatic carbocycles. The maximum absolute atomic E-state index is 12.0. The molecule has 2 nitrogen and oxygen atoms in total. The van der Waals surface area contributed by atoms with Crippen LogP contribution in [-0.2, 0) is 16.1 Å². The molecule has 0 saturated heterocycles. The van der Waals surface area contributed by atoms with Gasteiger partial charge in [0.25, 0.3) is 0 Å². The van der Waals surface area contributed by atoms with E-state index in [-0.39, 0.29) is 18.2 Å². The minimum Gasteiger partial charge on any atom is -0.379 e. The smallest absolute Gasteiger partial charge is 0.0894 e. The number of rotatable bonds is 22. The van der Waals surface area contributed by atoms with Gasteiger partial charge in [-0.2, -0.15) is 0 Å². The summed E-state index contributed by atoms with van der Waals surface area (Å²) in [6.45, 7) is 8.86. The number of unbranched alkanes of at least 4 members (excludes halogenated alkanes) is 13. The molecule has 0 aromatic heterocycles. The van der Waals surface area contributed by atoms with Crippen molar-refractivity contribution in [2.24, 2.45) is 5.41 Å². The van der Waals surface area contributed by atoms with E-state index in [1.807, 2.05) is 6.07 Å². The molecule has 0 amide bonds. The van der Waals surface area contributed by atoms with E-state index in [1.54, 1.807) is 0 Å². The molecule has 33 heavy (non-hydrogen) atoms. The minimum absolute atomic E-state index is 0.144. The van der Waals surface area contributed by atoms with E-state index in [4.69, 9.17) is 9.47 Å². The molecule has 0 fully saturated rings. The summed E-state index contributed by atoms with van der Waals surface area (Å²) in [5.74, 6) is 0. The molecular formula is C30H53FO2. The lowest BCUT2D eigenvalue weighted by Crippen LogP contribution is -2.26. The summed E-state index contributed by atoms with van der Waals surface area (Å²) in [5, 5.41) is 0. The molecular weight excluding hydrogens is 411 g/mol. The molecule has 192 valence electrons. The standard InChI is InChI=1S/C30H53FO2/c1-30(2,3)25-29(33-26-28-21-17-16-18-22-28)27-32-24-20-15-13-11-9-7-5-4-6-8-10-12-14-19-23-31/h16-18,21-22,29H,4-15,19-20,23-27H2,1-3H3. The monoisotopic (exact) mass is 464 g/mol. The maximum Gasteiger partial charge on any atom is 0.0894 e. The molecule has 0 N–H and O–H groups in total. The molecule has 0 aliphatic heterocycles. The van der Waals surface area contributed by atoms with Crippen molar-refractivity contribution in [3.63, 3.8) is 0 Å². The Morgan fingerprint density at radius 2 is 1.18 bits per heavy atom. The molecule has 0 heterocycles. The molecule has 1 rings (SSSR count). The highest BCUT2D eigenvalue weighted by molar-refractivity contribution is 5.13. The van der Waals surface area contributed by atoms with Gasteiger partial charge in [0.2, 0.25) is 0 Å². The van der Waals surface area contributed by atoms with Gasteiger partial charge in [-0.05, 0) is 30.2 Å². The first-order valence-corrected chi connectivity index (χ1v) is 13.8. The summed E-state index contributed by atoms with van der Waals surface area (Å²) >= 11 is 0. The van der Waals surface area contributed by atoms with Crippen LogP contribution in [0, 0.1) is 5.41 Å². The first kappa shape index (κ1) is 30.1. The van der Waals surface area contributed by atoms with Crippen LogP contribution in [0.25, 0.3) is 0 Å². The fourth-order valence-electron chi connectivity index (χ4n) is 4.27. The van der Waals surface area contributed by atoms with Crippen molar-refractivity contribution < 1.29 is 13.9 Å². The number of hydrogen-bond acceptors (Lipinski definition) is 2. The molecule has 0 saturated carbocycles. The van der Waals surface area contributed by atoms with Crippen LogP contribution in [0.5, 0.6) is 0 Å². The van der Waals surface area contributed by atoms with Crippen LogP contribution in [0.15, 0.2) is 30.3 Å². The predicted octanol–water partition coefficient (Wildman–Crippen LogP) is 9.46. The summed E-state index contributed by atoms with van der Waals surface area (Å²) in [6.07, 6.45) is 18.8. The first-order valence-electron chi connectivity index (χ1n) is 13.8. The van der Waals surface area contributed by atoms with Crippen molar-refractivity contribution in [1.82, 2.24) is 0 Å². The normalized spacial score (nSPS) is 12.8. The van der Waals surface area contributed by atoms with Crippen LogP contribution < -0.4 is 0 Å². The number of halogens is 1. The van der Waals surface area contributed by atoms with Crippen molar-refractivity contribution in [3.8, 4) is 0 Å². The molecule has 0 spiro atoms. The summed E-state index contributed by atoms with van der Waals surface area (Å²) in [6, 6.07) is 10.4. The lowest BCUT2D eigenvalue weighted by Gasteiger charge is -2.26. The van der Waals surface area contributed by atoms with Gasteiger partial charge < -0.3 is 9.47 Å². The largest absolute Gasteiger partial charge is 0.379 e. The van der Waals surface area contributed by atoms with Crippen molar-refractivity contribution in [1.29, 1.82) is 0 Å². The van der Waals surface area contributed by atoms with Gasteiger partial charge in [0.05, 0.1) is 26.0 Å². The Balaban J connectivity index is 1.95. The van der Waals surface area contributed by atoms with Crippen LogP contribution in [0.4, 0.5) is 4.39 Å². The van der Waals surface area contributed by atoms with Gasteiger partial charge in [-0.25, -0.2) is 0 Å². The van der Waals surface area contributed by atoms with Crippen LogP contribution >= 0.6 is 0 Å². The predicted molar refractivity (Wildman–Crippen MR) is 141 cm³/mol. The van der Waals surface area contributed by atoms with Gasteiger partial charge >= 0.3 is 0 Å². The average molecular weight is 465 g/mol. The van der Waals surface area contributed by atoms with Gasteiger partial charge in [-0.15, -0.1) is 0 Å². The molecule has 0 radical (unpaired) electrons. The summed E-state index contributed by atoms with van der Waals surface area (Å²) in [5.41, 5.74) is 1.46. The highest BCUT2D eigenvalue weighted by Crippen LogP contribution is 2.23. The van der Waals surface area contributed by atoms with Crippen molar-refractivity contribution >= 4 is 0 Å². The molecule has 1 atom stereocenters. The van der Waals surface area contributed by atoms with E-state index in [0.29, 0.717) is 13.2 Å². The van der Waals surface area contributed by atoms with Gasteiger partial charge in [-0.3, -0.25) is 4.39 Å². The topological polar surface area (TPSA) is 18.5 Å². The second kappa shape index (κ2) is 20.4. The summed E-state index contributed by atoms with van der Waals surface area (Å²) in [7, 11) is 0. The van der Waals surface area contributed by atoms with E-state index in [0.717, 1.165) is 32.3 Å². The van der Waals surface area contributed by atoms with Gasteiger partial charge in [0, 0.05) is 6.61 Å². The third-order valence-corrected chi connectivity index (χ3v) is 6.14. The maximum atomic E-state index is 12.0. The quantitative estimate of drug-likeness (QED) is 0.159. The van der Waals surface area contributed by atoms with Gasteiger partial charge in [0.1, 0.15) is 0 Å². The van der Waals surface area contributed by atoms with Crippen molar-refractivity contribution in [3.05, 3.63) is 35.9 Å². The van der Waals surface area contributed by atoms with E-state index in [1.165, 1.54) is 76.2 Å². The van der Waals surface area contributed by atoms with E-state index in [2.05, 4.69) is 45.0 Å². The van der Waals surface area contributed by atoms with E-state index < -0.39 is 0 Å². The molecule has 0 aliphatic rings. The molecule has 1 aromatic rings. The van der Waals surface area contributed by atoms with Gasteiger partial charge in [0.15, 0.2) is 0 Å². The molecule has 0 aliphatic carbocycles. The Morgan fingerprint density at radius 3 is 1.67 bits per heavy atom. The zero-order chi connectivity index (χ0) is 24.0. The number of alkyl halides is 1. The lowest BCUT2D eigenvalue weighted by molar-refractivity contribution is -0.0430. The molecule has 1 unspecified atom stereocenters. The number of ether oxygens (including phenoxy) is 2. The third kappa shape index (κ3) is 20.2. The zero-order valence-electron chi connectivity index (χ0n) is 22.1. The van der Waals surface area contributed by atoms with Gasteiger partial charge in [-0.1, -0.05) is 128 Å². The number of benzene rings is 1. The van der Waals surface area contributed by atoms with Crippen LogP contribution in [0.3, 0.4) is 0 Å². The summed E-state index contributed by atoms with van der Waals surface area (Å²) in [4.78, 5) is 0. The second-order valence-electron chi connectivity index (χ2n) is 10.9. The fourth-order valence-corrected chi connectivity index (χ4v) is 4.27. The Morgan fingerprint density at radius 1 is 0.697 bits per heavy atom. The Labute approximate surface area is 205 Å². The van der Waals surface area contributed by atoms with Crippen LogP contribution in [-0.4, -0.2) is 26.0 Å². The fraction of sp³-hybridized carbons (Fsp3) is 0.800. The lowest BCUT2D eigenvalue weighted by atomic mass is 9.89. The Hall–Kier alpha value is -0.930. The van der Waals surface area contributed by atoms with E-state index in [9.17, 15) is 4.39 Å². The van der Waals surface area contributed by atoms with Crippen LogP contribution in [0.2, 0.25) is 0 Å². The number of hydrogen-bond donors (Lipinski definition) is 0. The summed E-state index contributed by atoms with van der Waals surface area (Å²) < 4.78 is 24.2. The zero-order valence-corrected chi connectivity index (χ0v) is 22.1. The first-order chi connectivity index (χ1) is 16.0. The Bertz CT molecular complexity index is 526. The Kier molecular flexibility index (Phi) is 18.6. The van der Waals surface area contributed by atoms with Crippen molar-refractivity contribution in [2.75, 3.05) is 19.9 Å². The molecule has 0 bridgehead atoms. The third-order valence-electron chi connectivity index (χ3n) is 6.14.